The number of imidazole rings is 1. The van der Waals surface area contributed by atoms with Crippen molar-refractivity contribution in [2.24, 2.45) is 5.92 Å². The predicted octanol–water partition coefficient (Wildman–Crippen LogP) is 3.22. The molecule has 1 aromatic rings. The molecule has 0 aromatic carbocycles. The average Bonchev–Trinajstić information content (AvgIpc) is 3.34. The van der Waals surface area contributed by atoms with Gasteiger partial charge in [-0.15, -0.1) is 0 Å². The summed E-state index contributed by atoms with van der Waals surface area (Å²) in [6.45, 7) is 7.55. The molecule has 146 valence electrons. The Balaban J connectivity index is 1.28. The van der Waals surface area contributed by atoms with Gasteiger partial charge in [0, 0.05) is 44.0 Å². The normalized spacial score (nSPS) is 26.5. The molecular formula is C21H36N4O. The minimum atomic E-state index is 0.730. The Morgan fingerprint density at radius 2 is 1.85 bits per heavy atom. The van der Waals surface area contributed by atoms with Gasteiger partial charge in [-0.1, -0.05) is 32.1 Å². The molecule has 2 saturated heterocycles. The largest absolute Gasteiger partial charge is 0.379 e. The van der Waals surface area contributed by atoms with Gasteiger partial charge in [0.25, 0.3) is 0 Å². The van der Waals surface area contributed by atoms with E-state index in [1.165, 1.54) is 76.0 Å². The van der Waals surface area contributed by atoms with Crippen LogP contribution in [0.5, 0.6) is 0 Å². The first-order valence-electron chi connectivity index (χ1n) is 10.9. The van der Waals surface area contributed by atoms with E-state index in [9.17, 15) is 0 Å². The summed E-state index contributed by atoms with van der Waals surface area (Å²) in [4.78, 5) is 13.6. The summed E-state index contributed by atoms with van der Waals surface area (Å²) in [6.07, 6.45) is 14.2. The SMILES string of the molecule is c1nc(CC2CCCC2)[nH]c1CN1CCCC[C@H]1CCN1CCOCC1. The molecule has 5 heteroatoms. The summed E-state index contributed by atoms with van der Waals surface area (Å²) in [5.41, 5.74) is 1.32. The van der Waals surface area contributed by atoms with Gasteiger partial charge in [0.15, 0.2) is 0 Å². The summed E-state index contributed by atoms with van der Waals surface area (Å²) in [7, 11) is 0. The summed E-state index contributed by atoms with van der Waals surface area (Å²) in [5, 5.41) is 0. The molecular weight excluding hydrogens is 324 g/mol. The van der Waals surface area contributed by atoms with Crippen molar-refractivity contribution in [1.29, 1.82) is 0 Å². The van der Waals surface area contributed by atoms with Gasteiger partial charge in [0.2, 0.25) is 0 Å². The topological polar surface area (TPSA) is 44.4 Å². The molecule has 2 aliphatic heterocycles. The number of nitrogens with one attached hydrogen (secondary N) is 1. The number of morpholine rings is 1. The van der Waals surface area contributed by atoms with Crippen molar-refractivity contribution in [3.63, 3.8) is 0 Å². The fraction of sp³-hybridized carbons (Fsp3) is 0.857. The Labute approximate surface area is 158 Å². The Hall–Kier alpha value is -0.910. The van der Waals surface area contributed by atoms with Gasteiger partial charge in [0.05, 0.1) is 13.2 Å². The predicted molar refractivity (Wildman–Crippen MR) is 104 cm³/mol. The Bertz CT molecular complexity index is 534. The molecule has 1 saturated carbocycles. The highest BCUT2D eigenvalue weighted by molar-refractivity contribution is 5.03. The molecule has 4 rings (SSSR count). The number of aromatic nitrogens is 2. The van der Waals surface area contributed by atoms with E-state index in [2.05, 4.69) is 26.0 Å². The van der Waals surface area contributed by atoms with Crippen molar-refractivity contribution in [3.8, 4) is 0 Å². The molecule has 3 aliphatic rings. The molecule has 0 bridgehead atoms. The van der Waals surface area contributed by atoms with Gasteiger partial charge >= 0.3 is 0 Å². The second-order valence-corrected chi connectivity index (χ2v) is 8.57. The summed E-state index contributed by atoms with van der Waals surface area (Å²) in [5.74, 6) is 2.08. The maximum absolute atomic E-state index is 5.48. The number of rotatable bonds is 7. The molecule has 1 aliphatic carbocycles. The molecule has 3 heterocycles. The zero-order chi connectivity index (χ0) is 17.6. The van der Waals surface area contributed by atoms with Crippen molar-refractivity contribution in [3.05, 3.63) is 17.7 Å². The quantitative estimate of drug-likeness (QED) is 0.811. The molecule has 0 amide bonds. The second-order valence-electron chi connectivity index (χ2n) is 8.57. The summed E-state index contributed by atoms with van der Waals surface area (Å²) < 4.78 is 5.48. The number of hydrogen-bond donors (Lipinski definition) is 1. The van der Waals surface area contributed by atoms with Gasteiger partial charge in [-0.3, -0.25) is 9.80 Å². The number of ether oxygens (including phenoxy) is 1. The first kappa shape index (κ1) is 18.5. The van der Waals surface area contributed by atoms with Crippen LogP contribution in [0.4, 0.5) is 0 Å². The van der Waals surface area contributed by atoms with Crippen molar-refractivity contribution in [1.82, 2.24) is 19.8 Å². The van der Waals surface area contributed by atoms with Crippen molar-refractivity contribution < 1.29 is 4.74 Å². The van der Waals surface area contributed by atoms with Gasteiger partial charge in [-0.25, -0.2) is 4.98 Å². The van der Waals surface area contributed by atoms with Crippen LogP contribution in [-0.4, -0.2) is 65.2 Å². The van der Waals surface area contributed by atoms with Crippen molar-refractivity contribution in [2.75, 3.05) is 39.4 Å². The summed E-state index contributed by atoms with van der Waals surface area (Å²) >= 11 is 0. The van der Waals surface area contributed by atoms with E-state index in [1.807, 2.05) is 0 Å². The fourth-order valence-electron chi connectivity index (χ4n) is 5.05. The zero-order valence-corrected chi connectivity index (χ0v) is 16.3. The zero-order valence-electron chi connectivity index (χ0n) is 16.3. The minimum Gasteiger partial charge on any atom is -0.379 e. The molecule has 1 aromatic heterocycles. The Kier molecular flexibility index (Phi) is 6.63. The lowest BCUT2D eigenvalue weighted by molar-refractivity contribution is 0.0301. The monoisotopic (exact) mass is 360 g/mol. The maximum Gasteiger partial charge on any atom is 0.106 e. The lowest BCUT2D eigenvalue weighted by Gasteiger charge is -2.37. The number of piperidine rings is 1. The molecule has 0 radical (unpaired) electrons. The van der Waals surface area contributed by atoms with E-state index in [4.69, 9.17) is 4.74 Å². The van der Waals surface area contributed by atoms with Crippen LogP contribution in [0.2, 0.25) is 0 Å². The third kappa shape index (κ3) is 5.08. The molecule has 5 nitrogen and oxygen atoms in total. The highest BCUT2D eigenvalue weighted by atomic mass is 16.5. The number of H-pyrrole nitrogens is 1. The molecule has 3 fully saturated rings. The smallest absolute Gasteiger partial charge is 0.106 e. The summed E-state index contributed by atoms with van der Waals surface area (Å²) in [6, 6.07) is 0.730. The molecule has 1 atom stereocenters. The highest BCUT2D eigenvalue weighted by Crippen LogP contribution is 2.27. The van der Waals surface area contributed by atoms with Crippen LogP contribution >= 0.6 is 0 Å². The van der Waals surface area contributed by atoms with Gasteiger partial charge in [-0.05, 0) is 38.3 Å². The molecule has 0 unspecified atom stereocenters. The van der Waals surface area contributed by atoms with Crippen LogP contribution in [0.25, 0.3) is 0 Å². The average molecular weight is 361 g/mol. The van der Waals surface area contributed by atoms with Crippen LogP contribution in [0.3, 0.4) is 0 Å². The molecule has 1 N–H and O–H groups in total. The van der Waals surface area contributed by atoms with E-state index in [0.29, 0.717) is 0 Å². The third-order valence-corrected chi connectivity index (χ3v) is 6.64. The van der Waals surface area contributed by atoms with E-state index < -0.39 is 0 Å². The number of likely N-dealkylation sites (tertiary alicyclic amines) is 1. The maximum atomic E-state index is 5.48. The Morgan fingerprint density at radius 1 is 1.04 bits per heavy atom. The van der Waals surface area contributed by atoms with Crippen LogP contribution in [0.15, 0.2) is 6.20 Å². The number of nitrogens with zero attached hydrogens (tertiary/aromatic N) is 3. The molecule has 26 heavy (non-hydrogen) atoms. The first-order chi connectivity index (χ1) is 12.9. The number of aromatic amines is 1. The van der Waals surface area contributed by atoms with Gasteiger partial charge in [0.1, 0.15) is 5.82 Å². The van der Waals surface area contributed by atoms with E-state index in [0.717, 1.165) is 51.2 Å². The fourth-order valence-corrected chi connectivity index (χ4v) is 5.05. The van der Waals surface area contributed by atoms with Crippen LogP contribution in [0, 0.1) is 5.92 Å². The van der Waals surface area contributed by atoms with Gasteiger partial charge in [-0.2, -0.15) is 0 Å². The van der Waals surface area contributed by atoms with Crippen molar-refractivity contribution >= 4 is 0 Å². The van der Waals surface area contributed by atoms with Gasteiger partial charge < -0.3 is 9.72 Å². The lowest BCUT2D eigenvalue weighted by atomic mass is 9.99. The van der Waals surface area contributed by atoms with Crippen LogP contribution < -0.4 is 0 Å². The van der Waals surface area contributed by atoms with Crippen molar-refractivity contribution in [2.45, 2.75) is 70.4 Å². The highest BCUT2D eigenvalue weighted by Gasteiger charge is 2.24. The first-order valence-corrected chi connectivity index (χ1v) is 10.9. The minimum absolute atomic E-state index is 0.730. The lowest BCUT2D eigenvalue weighted by Crippen LogP contribution is -2.43. The standard InChI is InChI=1S/C21H36N4O/c1-2-6-18(5-1)15-21-22-16-19(23-21)17-25-9-4-3-7-20(25)8-10-24-11-13-26-14-12-24/h16,18,20H,1-15,17H2,(H,22,23)/t20-/m0/s1. The third-order valence-electron chi connectivity index (χ3n) is 6.64. The van der Waals surface area contributed by atoms with E-state index in [-0.39, 0.29) is 0 Å². The van der Waals surface area contributed by atoms with E-state index >= 15 is 0 Å². The molecule has 0 spiro atoms. The number of hydrogen-bond acceptors (Lipinski definition) is 4. The van der Waals surface area contributed by atoms with Crippen LogP contribution in [0.1, 0.15) is 62.9 Å². The second kappa shape index (κ2) is 9.34. The Morgan fingerprint density at radius 3 is 2.69 bits per heavy atom. The van der Waals surface area contributed by atoms with Crippen LogP contribution in [-0.2, 0) is 17.7 Å². The van der Waals surface area contributed by atoms with E-state index in [1.54, 1.807) is 0 Å².